The summed E-state index contributed by atoms with van der Waals surface area (Å²) < 4.78 is 4.76. The van der Waals surface area contributed by atoms with Gasteiger partial charge in [0, 0.05) is 10.9 Å². The van der Waals surface area contributed by atoms with Crippen molar-refractivity contribution >= 4 is 22.4 Å². The molecular weight excluding hydrogens is 284 g/mol. The minimum absolute atomic E-state index is 0.330. The summed E-state index contributed by atoms with van der Waals surface area (Å²) in [4.78, 5) is 16.9. The number of rotatable bonds is 3. The zero-order valence-electron chi connectivity index (χ0n) is 13.9. The van der Waals surface area contributed by atoms with E-state index in [2.05, 4.69) is 38.0 Å². The summed E-state index contributed by atoms with van der Waals surface area (Å²) in [7, 11) is 1.39. The molecule has 1 fully saturated rings. The van der Waals surface area contributed by atoms with Crippen LogP contribution >= 0.6 is 11.3 Å². The Bertz CT molecular complexity index is 518. The van der Waals surface area contributed by atoms with E-state index in [9.17, 15) is 4.79 Å². The predicted octanol–water partition coefficient (Wildman–Crippen LogP) is 4.25. The topological polar surface area (TPSA) is 51.2 Å². The third-order valence-electron chi connectivity index (χ3n) is 4.06. The van der Waals surface area contributed by atoms with Crippen LogP contribution in [0.15, 0.2) is 0 Å². The molecule has 0 atom stereocenters. The number of methoxy groups -OCH3 is 1. The average molecular weight is 310 g/mol. The Labute approximate surface area is 131 Å². The predicted molar refractivity (Wildman–Crippen MR) is 87.0 cm³/mol. The van der Waals surface area contributed by atoms with Gasteiger partial charge >= 0.3 is 5.97 Å². The van der Waals surface area contributed by atoms with E-state index in [-0.39, 0.29) is 5.97 Å². The maximum atomic E-state index is 11.6. The average Bonchev–Trinajstić information content (AvgIpc) is 2.64. The molecule has 0 bridgehead atoms. The third kappa shape index (κ3) is 3.96. The molecule has 1 N–H and O–H groups in total. The first kappa shape index (κ1) is 16.3. The number of ether oxygens (including phenoxy) is 1. The molecule has 5 heteroatoms. The minimum atomic E-state index is -0.360. The lowest BCUT2D eigenvalue weighted by molar-refractivity contribution is 0.0594. The standard InChI is InChI=1S/C16H26N2O2S/c1-10-12(13(19)20-6)18-14(21-10)17-11-7-15(2,3)9-16(4,5)8-11/h11H,7-9H2,1-6H3,(H,17,18). The molecular formula is C16H26N2O2S. The SMILES string of the molecule is COC(=O)c1nc(NC2CC(C)(C)CC(C)(C)C2)sc1C. The van der Waals surface area contributed by atoms with E-state index in [0.717, 1.165) is 22.9 Å². The van der Waals surface area contributed by atoms with Crippen LogP contribution in [-0.2, 0) is 4.74 Å². The summed E-state index contributed by atoms with van der Waals surface area (Å²) in [5.41, 5.74) is 1.09. The number of aryl methyl sites for hydroxylation is 1. The second kappa shape index (κ2) is 5.59. The fourth-order valence-corrected chi connectivity index (χ4v) is 4.75. The van der Waals surface area contributed by atoms with Crippen molar-refractivity contribution < 1.29 is 9.53 Å². The molecule has 1 heterocycles. The highest BCUT2D eigenvalue weighted by Gasteiger charge is 2.38. The zero-order valence-corrected chi connectivity index (χ0v) is 14.7. The van der Waals surface area contributed by atoms with Gasteiger partial charge in [-0.25, -0.2) is 9.78 Å². The number of esters is 1. The lowest BCUT2D eigenvalue weighted by Gasteiger charge is -2.45. The normalized spacial score (nSPS) is 21.0. The molecule has 1 saturated carbocycles. The Morgan fingerprint density at radius 2 is 1.86 bits per heavy atom. The van der Waals surface area contributed by atoms with E-state index in [1.54, 1.807) is 0 Å². The van der Waals surface area contributed by atoms with Gasteiger partial charge < -0.3 is 10.1 Å². The monoisotopic (exact) mass is 310 g/mol. The van der Waals surface area contributed by atoms with Gasteiger partial charge in [-0.15, -0.1) is 11.3 Å². The smallest absolute Gasteiger partial charge is 0.357 e. The molecule has 0 unspecified atom stereocenters. The molecule has 118 valence electrons. The molecule has 0 aliphatic heterocycles. The first-order valence-electron chi connectivity index (χ1n) is 7.44. The fraction of sp³-hybridized carbons (Fsp3) is 0.750. The number of anilines is 1. The number of hydrogen-bond donors (Lipinski definition) is 1. The van der Waals surface area contributed by atoms with Crippen LogP contribution in [-0.4, -0.2) is 24.1 Å². The Hall–Kier alpha value is -1.10. The van der Waals surface area contributed by atoms with Crippen molar-refractivity contribution in [3.8, 4) is 0 Å². The number of aromatic nitrogens is 1. The summed E-state index contributed by atoms with van der Waals surface area (Å²) in [6.07, 6.45) is 3.49. The van der Waals surface area contributed by atoms with Crippen LogP contribution in [0.5, 0.6) is 0 Å². The summed E-state index contributed by atoms with van der Waals surface area (Å²) in [6, 6.07) is 0.403. The second-order valence-electron chi connectivity index (χ2n) is 7.67. The molecule has 1 aromatic rings. The minimum Gasteiger partial charge on any atom is -0.464 e. The van der Waals surface area contributed by atoms with Crippen molar-refractivity contribution in [2.75, 3.05) is 12.4 Å². The van der Waals surface area contributed by atoms with Gasteiger partial charge in [0.05, 0.1) is 7.11 Å². The quantitative estimate of drug-likeness (QED) is 0.848. The van der Waals surface area contributed by atoms with Crippen LogP contribution in [0.25, 0.3) is 0 Å². The lowest BCUT2D eigenvalue weighted by atomic mass is 9.63. The Kier molecular flexibility index (Phi) is 4.34. The van der Waals surface area contributed by atoms with Crippen LogP contribution in [0.1, 0.15) is 62.3 Å². The Balaban J connectivity index is 2.13. The van der Waals surface area contributed by atoms with Crippen LogP contribution < -0.4 is 5.32 Å². The van der Waals surface area contributed by atoms with Crippen molar-refractivity contribution in [1.29, 1.82) is 0 Å². The second-order valence-corrected chi connectivity index (χ2v) is 8.87. The van der Waals surface area contributed by atoms with Crippen molar-refractivity contribution in [2.24, 2.45) is 10.8 Å². The summed E-state index contributed by atoms with van der Waals surface area (Å²) in [5, 5.41) is 4.36. The maximum Gasteiger partial charge on any atom is 0.357 e. The molecule has 0 saturated heterocycles. The van der Waals surface area contributed by atoms with Gasteiger partial charge in [0.15, 0.2) is 10.8 Å². The van der Waals surface area contributed by atoms with Gasteiger partial charge in [0.2, 0.25) is 0 Å². The first-order valence-corrected chi connectivity index (χ1v) is 8.26. The molecule has 1 aromatic heterocycles. The largest absolute Gasteiger partial charge is 0.464 e. The summed E-state index contributed by atoms with van der Waals surface area (Å²) >= 11 is 1.53. The van der Waals surface area contributed by atoms with Gasteiger partial charge in [-0.3, -0.25) is 0 Å². The summed E-state index contributed by atoms with van der Waals surface area (Å²) in [6.45, 7) is 11.2. The molecule has 1 aliphatic rings. The Morgan fingerprint density at radius 3 is 2.38 bits per heavy atom. The van der Waals surface area contributed by atoms with Crippen molar-refractivity contribution in [2.45, 2.75) is 59.9 Å². The lowest BCUT2D eigenvalue weighted by Crippen LogP contribution is -2.40. The number of carbonyl (C=O) groups excluding carboxylic acids is 1. The number of thiazole rings is 1. The maximum absolute atomic E-state index is 11.6. The van der Waals surface area contributed by atoms with Crippen LogP contribution in [0.3, 0.4) is 0 Å². The van der Waals surface area contributed by atoms with Crippen LogP contribution in [0.4, 0.5) is 5.13 Å². The van der Waals surface area contributed by atoms with Gasteiger partial charge in [-0.1, -0.05) is 27.7 Å². The molecule has 0 aromatic carbocycles. The van der Waals surface area contributed by atoms with E-state index in [1.165, 1.54) is 24.9 Å². The van der Waals surface area contributed by atoms with E-state index in [1.807, 2.05) is 6.92 Å². The molecule has 4 nitrogen and oxygen atoms in total. The molecule has 2 rings (SSSR count). The number of carbonyl (C=O) groups is 1. The van der Waals surface area contributed by atoms with Gasteiger partial charge in [0.1, 0.15) is 0 Å². The molecule has 0 amide bonds. The van der Waals surface area contributed by atoms with Gasteiger partial charge in [0.25, 0.3) is 0 Å². The third-order valence-corrected chi connectivity index (χ3v) is 4.96. The summed E-state index contributed by atoms with van der Waals surface area (Å²) in [5.74, 6) is -0.360. The highest BCUT2D eigenvalue weighted by atomic mass is 32.1. The molecule has 0 spiro atoms. The molecule has 21 heavy (non-hydrogen) atoms. The van der Waals surface area contributed by atoms with Crippen molar-refractivity contribution in [3.63, 3.8) is 0 Å². The van der Waals surface area contributed by atoms with Crippen molar-refractivity contribution in [3.05, 3.63) is 10.6 Å². The molecule has 0 radical (unpaired) electrons. The van der Waals surface area contributed by atoms with E-state index < -0.39 is 0 Å². The van der Waals surface area contributed by atoms with Gasteiger partial charge in [-0.2, -0.15) is 0 Å². The first-order chi connectivity index (χ1) is 9.62. The number of hydrogen-bond acceptors (Lipinski definition) is 5. The zero-order chi connectivity index (χ0) is 15.8. The number of nitrogens with zero attached hydrogens (tertiary/aromatic N) is 1. The Morgan fingerprint density at radius 1 is 1.29 bits per heavy atom. The van der Waals surface area contributed by atoms with Crippen LogP contribution in [0.2, 0.25) is 0 Å². The van der Waals surface area contributed by atoms with Crippen LogP contribution in [0, 0.1) is 17.8 Å². The highest BCUT2D eigenvalue weighted by Crippen LogP contribution is 2.46. The van der Waals surface area contributed by atoms with Crippen molar-refractivity contribution in [1.82, 2.24) is 4.98 Å². The van der Waals surface area contributed by atoms with E-state index in [0.29, 0.717) is 22.6 Å². The van der Waals surface area contributed by atoms with E-state index >= 15 is 0 Å². The fourth-order valence-electron chi connectivity index (χ4n) is 3.87. The van der Waals surface area contributed by atoms with E-state index in [4.69, 9.17) is 4.74 Å². The highest BCUT2D eigenvalue weighted by molar-refractivity contribution is 7.15. The van der Waals surface area contributed by atoms with Gasteiger partial charge in [-0.05, 0) is 37.0 Å². The molecule has 1 aliphatic carbocycles. The number of nitrogens with one attached hydrogen (secondary N) is 1.